The number of rotatable bonds is 4. The summed E-state index contributed by atoms with van der Waals surface area (Å²) in [7, 11) is 0. The summed E-state index contributed by atoms with van der Waals surface area (Å²) in [6.45, 7) is 10.0. The minimum Gasteiger partial charge on any atom is -0.598 e. The Labute approximate surface area is 172 Å². The maximum absolute atomic E-state index is 12.7. The first-order valence-corrected chi connectivity index (χ1v) is 11.5. The quantitative estimate of drug-likeness (QED) is 0.759. The monoisotopic (exact) mass is 406 g/mol. The molecule has 1 heterocycles. The SMILES string of the molecule is C[C@@H]1C[C@@H](N[S@+]([O-])C(C)(C)C)C2(CCN(C(=O)OCc3ccccc3)CC2)C1. The Morgan fingerprint density at radius 3 is 2.54 bits per heavy atom. The molecule has 1 aromatic rings. The molecule has 1 aromatic carbocycles. The van der Waals surface area contributed by atoms with Gasteiger partial charge in [-0.1, -0.05) is 37.3 Å². The van der Waals surface area contributed by atoms with Crippen molar-refractivity contribution in [3.05, 3.63) is 35.9 Å². The summed E-state index contributed by atoms with van der Waals surface area (Å²) < 4.78 is 21.3. The molecule has 0 unspecified atom stereocenters. The molecule has 2 aliphatic rings. The van der Waals surface area contributed by atoms with Gasteiger partial charge in [-0.3, -0.25) is 0 Å². The fraction of sp³-hybridized carbons (Fsp3) is 0.682. The van der Waals surface area contributed by atoms with E-state index < -0.39 is 11.4 Å². The van der Waals surface area contributed by atoms with Crippen LogP contribution in [-0.2, 0) is 22.7 Å². The number of nitrogens with zero attached hydrogens (tertiary/aromatic N) is 1. The van der Waals surface area contributed by atoms with Gasteiger partial charge < -0.3 is 14.2 Å². The maximum Gasteiger partial charge on any atom is 0.410 e. The van der Waals surface area contributed by atoms with Crippen molar-refractivity contribution in [3.63, 3.8) is 0 Å². The van der Waals surface area contributed by atoms with Crippen molar-refractivity contribution in [2.75, 3.05) is 13.1 Å². The number of nitrogens with one attached hydrogen (secondary N) is 1. The number of hydrogen-bond donors (Lipinski definition) is 1. The summed E-state index contributed by atoms with van der Waals surface area (Å²) in [6.07, 6.45) is 3.85. The molecule has 156 valence electrons. The summed E-state index contributed by atoms with van der Waals surface area (Å²) in [4.78, 5) is 14.3. The molecule has 1 amide bonds. The molecule has 1 saturated heterocycles. The van der Waals surface area contributed by atoms with Crippen LogP contribution >= 0.6 is 0 Å². The van der Waals surface area contributed by atoms with Crippen LogP contribution < -0.4 is 4.72 Å². The van der Waals surface area contributed by atoms with Gasteiger partial charge in [0.15, 0.2) is 0 Å². The Bertz CT molecular complexity index is 653. The molecule has 6 heteroatoms. The van der Waals surface area contributed by atoms with Gasteiger partial charge >= 0.3 is 6.09 Å². The highest BCUT2D eigenvalue weighted by molar-refractivity contribution is 7.90. The minimum absolute atomic E-state index is 0.135. The van der Waals surface area contributed by atoms with Crippen molar-refractivity contribution < 1.29 is 14.1 Å². The molecule has 1 spiro atoms. The molecule has 1 N–H and O–H groups in total. The van der Waals surface area contributed by atoms with Gasteiger partial charge in [-0.2, -0.15) is 0 Å². The molecule has 0 bridgehead atoms. The lowest BCUT2D eigenvalue weighted by Gasteiger charge is -2.43. The predicted molar refractivity (Wildman–Crippen MR) is 113 cm³/mol. The largest absolute Gasteiger partial charge is 0.598 e. The van der Waals surface area contributed by atoms with Gasteiger partial charge in [-0.25, -0.2) is 4.79 Å². The second-order valence-electron chi connectivity index (χ2n) is 9.49. The number of ether oxygens (including phenoxy) is 1. The fourth-order valence-corrected chi connectivity index (χ4v) is 5.51. The van der Waals surface area contributed by atoms with Crippen LogP contribution in [-0.4, -0.2) is 39.4 Å². The molecular weight excluding hydrogens is 372 g/mol. The third-order valence-corrected chi connectivity index (χ3v) is 7.77. The van der Waals surface area contributed by atoms with E-state index in [1.165, 1.54) is 0 Å². The summed E-state index contributed by atoms with van der Waals surface area (Å²) in [5.74, 6) is 0.617. The van der Waals surface area contributed by atoms with Crippen LogP contribution in [0.15, 0.2) is 30.3 Å². The van der Waals surface area contributed by atoms with E-state index in [2.05, 4.69) is 11.6 Å². The van der Waals surface area contributed by atoms with Gasteiger partial charge in [0.2, 0.25) is 0 Å². The van der Waals surface area contributed by atoms with Crippen molar-refractivity contribution in [2.45, 2.75) is 70.8 Å². The first-order valence-electron chi connectivity index (χ1n) is 10.3. The lowest BCUT2D eigenvalue weighted by molar-refractivity contribution is 0.0551. The van der Waals surface area contributed by atoms with Crippen LogP contribution in [0.2, 0.25) is 0 Å². The smallest absolute Gasteiger partial charge is 0.410 e. The molecule has 1 aliphatic heterocycles. The van der Waals surface area contributed by atoms with Crippen LogP contribution in [0.3, 0.4) is 0 Å². The Morgan fingerprint density at radius 2 is 1.93 bits per heavy atom. The van der Waals surface area contributed by atoms with Gasteiger partial charge in [0.05, 0.1) is 6.04 Å². The highest BCUT2D eigenvalue weighted by Crippen LogP contribution is 2.49. The molecular formula is C22H34N2O3S. The highest BCUT2D eigenvalue weighted by atomic mass is 32.2. The minimum atomic E-state index is -1.07. The van der Waals surface area contributed by atoms with Crippen LogP contribution in [0.4, 0.5) is 4.79 Å². The highest BCUT2D eigenvalue weighted by Gasteiger charge is 2.50. The van der Waals surface area contributed by atoms with Gasteiger partial charge in [-0.15, -0.1) is 4.72 Å². The second-order valence-corrected chi connectivity index (χ2v) is 11.5. The van der Waals surface area contributed by atoms with Crippen molar-refractivity contribution in [3.8, 4) is 0 Å². The van der Waals surface area contributed by atoms with Crippen LogP contribution in [0.5, 0.6) is 0 Å². The van der Waals surface area contributed by atoms with E-state index in [1.54, 1.807) is 0 Å². The Balaban J connectivity index is 1.55. The molecule has 2 fully saturated rings. The lowest BCUT2D eigenvalue weighted by atomic mass is 9.74. The zero-order valence-corrected chi connectivity index (χ0v) is 18.4. The molecule has 1 saturated carbocycles. The average Bonchev–Trinajstić information content (AvgIpc) is 2.95. The second kappa shape index (κ2) is 8.64. The van der Waals surface area contributed by atoms with E-state index in [0.29, 0.717) is 25.6 Å². The van der Waals surface area contributed by atoms with E-state index in [4.69, 9.17) is 4.74 Å². The van der Waals surface area contributed by atoms with E-state index >= 15 is 0 Å². The van der Waals surface area contributed by atoms with Crippen molar-refractivity contribution in [1.29, 1.82) is 0 Å². The Hall–Kier alpha value is -1.24. The standard InChI is InChI=1S/C22H34N2O3S/c1-17-14-19(23-28(26)21(2,3)4)22(15-17)10-12-24(13-11-22)20(25)27-16-18-8-6-5-7-9-18/h5-9,17,19,23H,10-16H2,1-4H3/t17-,19-,28-/m1/s1. The van der Waals surface area contributed by atoms with Crippen LogP contribution in [0, 0.1) is 11.3 Å². The fourth-order valence-electron chi connectivity index (χ4n) is 4.55. The number of amides is 1. The van der Waals surface area contributed by atoms with Crippen molar-refractivity contribution in [2.24, 2.45) is 11.3 Å². The molecule has 1 aliphatic carbocycles. The zero-order valence-electron chi connectivity index (χ0n) is 17.6. The number of likely N-dealkylation sites (tertiary alicyclic amines) is 1. The van der Waals surface area contributed by atoms with Crippen molar-refractivity contribution in [1.82, 2.24) is 9.62 Å². The molecule has 3 atom stereocenters. The average molecular weight is 407 g/mol. The predicted octanol–water partition coefficient (Wildman–Crippen LogP) is 4.26. The molecule has 28 heavy (non-hydrogen) atoms. The Kier molecular flexibility index (Phi) is 6.62. The third-order valence-electron chi connectivity index (χ3n) is 6.16. The number of carbonyl (C=O) groups excluding carboxylic acids is 1. The number of carbonyl (C=O) groups is 1. The molecule has 5 nitrogen and oxygen atoms in total. The number of hydrogen-bond acceptors (Lipinski definition) is 4. The Morgan fingerprint density at radius 1 is 1.29 bits per heavy atom. The van der Waals surface area contributed by atoms with E-state index in [-0.39, 0.29) is 22.3 Å². The summed E-state index contributed by atoms with van der Waals surface area (Å²) in [6, 6.07) is 10.0. The van der Waals surface area contributed by atoms with E-state index in [9.17, 15) is 9.35 Å². The van der Waals surface area contributed by atoms with E-state index in [0.717, 1.165) is 31.2 Å². The first-order chi connectivity index (χ1) is 13.2. The van der Waals surface area contributed by atoms with Crippen LogP contribution in [0.1, 0.15) is 58.9 Å². The summed E-state index contributed by atoms with van der Waals surface area (Å²) in [5, 5.41) is 0. The van der Waals surface area contributed by atoms with Gasteiger partial charge in [-0.05, 0) is 63.4 Å². The summed E-state index contributed by atoms with van der Waals surface area (Å²) in [5.41, 5.74) is 1.14. The third kappa shape index (κ3) is 5.02. The van der Waals surface area contributed by atoms with Gasteiger partial charge in [0.25, 0.3) is 0 Å². The molecule has 0 aromatic heterocycles. The molecule has 0 radical (unpaired) electrons. The van der Waals surface area contributed by atoms with E-state index in [1.807, 2.05) is 56.0 Å². The van der Waals surface area contributed by atoms with Gasteiger partial charge in [0, 0.05) is 24.5 Å². The van der Waals surface area contributed by atoms with Crippen LogP contribution in [0.25, 0.3) is 0 Å². The first kappa shape index (κ1) is 21.5. The molecule has 3 rings (SSSR count). The van der Waals surface area contributed by atoms with Crippen molar-refractivity contribution >= 4 is 17.5 Å². The summed E-state index contributed by atoms with van der Waals surface area (Å²) >= 11 is -1.07. The topological polar surface area (TPSA) is 64.6 Å². The van der Waals surface area contributed by atoms with Gasteiger partial charge in [0.1, 0.15) is 11.4 Å². The lowest BCUT2D eigenvalue weighted by Crippen LogP contribution is -2.53. The normalized spacial score (nSPS) is 25.7. The number of piperidine rings is 1. The number of benzene rings is 1. The maximum atomic E-state index is 12.7. The zero-order chi connectivity index (χ0) is 20.4.